The average molecular weight is 255 g/mol. The molecule has 94 valence electrons. The maximum absolute atomic E-state index is 11.8. The highest BCUT2D eigenvalue weighted by Gasteiger charge is 2.20. The van der Waals surface area contributed by atoms with E-state index in [0.717, 1.165) is 31.5 Å². The second-order valence-corrected chi connectivity index (χ2v) is 4.25. The van der Waals surface area contributed by atoms with Crippen LogP contribution in [0.3, 0.4) is 0 Å². The number of piperidine rings is 1. The molecule has 0 aromatic heterocycles. The summed E-state index contributed by atoms with van der Waals surface area (Å²) in [5.41, 5.74) is 1.15. The van der Waals surface area contributed by atoms with E-state index in [4.69, 9.17) is 0 Å². The molecular weight excluding hydrogens is 236 g/mol. The number of carbonyl (C=O) groups excluding carboxylic acids is 1. The highest BCUT2D eigenvalue weighted by Crippen LogP contribution is 2.10. The molecule has 17 heavy (non-hydrogen) atoms. The third-order valence-corrected chi connectivity index (χ3v) is 2.98. The molecule has 1 aromatic carbocycles. The number of nitrogens with one attached hydrogen (secondary N) is 2. The van der Waals surface area contributed by atoms with E-state index in [1.165, 1.54) is 0 Å². The van der Waals surface area contributed by atoms with Crippen LogP contribution in [0.4, 0.5) is 0 Å². The first-order chi connectivity index (χ1) is 7.86. The number of hydrogen-bond donors (Lipinski definition) is 2. The average Bonchev–Trinajstić information content (AvgIpc) is 2.38. The van der Waals surface area contributed by atoms with Gasteiger partial charge in [0.05, 0.1) is 5.92 Å². The van der Waals surface area contributed by atoms with Crippen molar-refractivity contribution in [3.05, 3.63) is 35.9 Å². The maximum atomic E-state index is 11.8. The minimum atomic E-state index is 0. The molecule has 1 amide bonds. The smallest absolute Gasteiger partial charge is 0.224 e. The maximum Gasteiger partial charge on any atom is 0.224 e. The van der Waals surface area contributed by atoms with Crippen LogP contribution in [0.5, 0.6) is 0 Å². The molecule has 1 aromatic rings. The van der Waals surface area contributed by atoms with Crippen LogP contribution in [0.25, 0.3) is 0 Å². The number of amides is 1. The molecule has 0 saturated carbocycles. The van der Waals surface area contributed by atoms with E-state index >= 15 is 0 Å². The quantitative estimate of drug-likeness (QED) is 0.863. The van der Waals surface area contributed by atoms with Crippen molar-refractivity contribution in [1.82, 2.24) is 10.6 Å². The Morgan fingerprint density at radius 2 is 2.12 bits per heavy atom. The summed E-state index contributed by atoms with van der Waals surface area (Å²) in [6, 6.07) is 10.0. The fourth-order valence-corrected chi connectivity index (χ4v) is 2.00. The molecule has 1 atom stereocenters. The first kappa shape index (κ1) is 14.0. The van der Waals surface area contributed by atoms with Crippen LogP contribution in [0.2, 0.25) is 0 Å². The van der Waals surface area contributed by atoms with Crippen LogP contribution in [0, 0.1) is 5.92 Å². The lowest BCUT2D eigenvalue weighted by Gasteiger charge is -2.21. The SMILES string of the molecule is Cl.O=C(NCc1ccccc1)C1CCCNC1. The van der Waals surface area contributed by atoms with Gasteiger partial charge in [-0.1, -0.05) is 30.3 Å². The van der Waals surface area contributed by atoms with Gasteiger partial charge in [0.2, 0.25) is 5.91 Å². The summed E-state index contributed by atoms with van der Waals surface area (Å²) in [5.74, 6) is 0.327. The Morgan fingerprint density at radius 1 is 1.35 bits per heavy atom. The first-order valence-corrected chi connectivity index (χ1v) is 5.88. The van der Waals surface area contributed by atoms with Crippen LogP contribution >= 0.6 is 12.4 Å². The van der Waals surface area contributed by atoms with Gasteiger partial charge in [0.25, 0.3) is 0 Å². The van der Waals surface area contributed by atoms with Crippen LogP contribution < -0.4 is 10.6 Å². The van der Waals surface area contributed by atoms with E-state index < -0.39 is 0 Å². The van der Waals surface area contributed by atoms with Crippen LogP contribution in [0.1, 0.15) is 18.4 Å². The molecule has 0 radical (unpaired) electrons. The summed E-state index contributed by atoms with van der Waals surface area (Å²) in [6.07, 6.45) is 2.11. The van der Waals surface area contributed by atoms with Gasteiger partial charge < -0.3 is 10.6 Å². The van der Waals surface area contributed by atoms with E-state index in [1.54, 1.807) is 0 Å². The molecule has 0 aliphatic carbocycles. The Bertz CT molecular complexity index is 337. The van der Waals surface area contributed by atoms with Crippen molar-refractivity contribution in [2.45, 2.75) is 19.4 Å². The largest absolute Gasteiger partial charge is 0.352 e. The molecule has 4 heteroatoms. The lowest BCUT2D eigenvalue weighted by Crippen LogP contribution is -2.40. The third kappa shape index (κ3) is 4.36. The molecule has 0 bridgehead atoms. The predicted octanol–water partition coefficient (Wildman–Crippen LogP) is 1.72. The lowest BCUT2D eigenvalue weighted by atomic mass is 9.99. The number of carbonyl (C=O) groups is 1. The second-order valence-electron chi connectivity index (χ2n) is 4.25. The zero-order valence-corrected chi connectivity index (χ0v) is 10.6. The van der Waals surface area contributed by atoms with Gasteiger partial charge in [-0.05, 0) is 24.9 Å². The number of hydrogen-bond acceptors (Lipinski definition) is 2. The molecule has 0 spiro atoms. The summed E-state index contributed by atoms with van der Waals surface area (Å²) in [7, 11) is 0. The van der Waals surface area contributed by atoms with Gasteiger partial charge in [-0.2, -0.15) is 0 Å². The highest BCUT2D eigenvalue weighted by molar-refractivity contribution is 5.85. The Labute approximate surface area is 108 Å². The molecular formula is C13H19ClN2O. The standard InChI is InChI=1S/C13H18N2O.ClH/c16-13(12-7-4-8-14-10-12)15-9-11-5-2-1-3-6-11;/h1-3,5-6,12,14H,4,7-10H2,(H,15,16);1H. The topological polar surface area (TPSA) is 41.1 Å². The van der Waals surface area contributed by atoms with Crippen molar-refractivity contribution in [3.8, 4) is 0 Å². The molecule has 1 unspecified atom stereocenters. The molecule has 1 fully saturated rings. The second kappa shape index (κ2) is 7.30. The molecule has 3 nitrogen and oxygen atoms in total. The Balaban J connectivity index is 0.00000144. The van der Waals surface area contributed by atoms with Crippen LogP contribution in [0.15, 0.2) is 30.3 Å². The normalized spacial score (nSPS) is 19.2. The summed E-state index contributed by atoms with van der Waals surface area (Å²) in [6.45, 7) is 2.50. The Morgan fingerprint density at radius 3 is 2.76 bits per heavy atom. The van der Waals surface area contributed by atoms with Crippen LogP contribution in [-0.2, 0) is 11.3 Å². The van der Waals surface area contributed by atoms with Gasteiger partial charge >= 0.3 is 0 Å². The number of halogens is 1. The zero-order valence-electron chi connectivity index (χ0n) is 9.82. The van der Waals surface area contributed by atoms with Crippen molar-refractivity contribution in [1.29, 1.82) is 0 Å². The van der Waals surface area contributed by atoms with E-state index in [2.05, 4.69) is 10.6 Å². The minimum absolute atomic E-state index is 0. The van der Waals surface area contributed by atoms with Crippen LogP contribution in [-0.4, -0.2) is 19.0 Å². The van der Waals surface area contributed by atoms with E-state index in [0.29, 0.717) is 6.54 Å². The molecule has 1 saturated heterocycles. The van der Waals surface area contributed by atoms with Crippen molar-refractivity contribution in [2.75, 3.05) is 13.1 Å². The van der Waals surface area contributed by atoms with Gasteiger partial charge in [0.15, 0.2) is 0 Å². The van der Waals surface area contributed by atoms with Crippen molar-refractivity contribution < 1.29 is 4.79 Å². The fraction of sp³-hybridized carbons (Fsp3) is 0.462. The highest BCUT2D eigenvalue weighted by atomic mass is 35.5. The van der Waals surface area contributed by atoms with E-state index in [-0.39, 0.29) is 24.2 Å². The van der Waals surface area contributed by atoms with Crippen molar-refractivity contribution >= 4 is 18.3 Å². The Hall–Kier alpha value is -1.06. The molecule has 2 N–H and O–H groups in total. The zero-order chi connectivity index (χ0) is 11.2. The van der Waals surface area contributed by atoms with Gasteiger partial charge in [-0.15, -0.1) is 12.4 Å². The Kier molecular flexibility index (Phi) is 6.01. The number of rotatable bonds is 3. The van der Waals surface area contributed by atoms with E-state index in [1.807, 2.05) is 30.3 Å². The molecule has 1 heterocycles. The van der Waals surface area contributed by atoms with Crippen molar-refractivity contribution in [3.63, 3.8) is 0 Å². The first-order valence-electron chi connectivity index (χ1n) is 5.88. The molecule has 1 aliphatic rings. The monoisotopic (exact) mass is 254 g/mol. The molecule has 2 rings (SSSR count). The summed E-state index contributed by atoms with van der Waals surface area (Å²) in [4.78, 5) is 11.8. The van der Waals surface area contributed by atoms with Gasteiger partial charge in [0.1, 0.15) is 0 Å². The van der Waals surface area contributed by atoms with Gasteiger partial charge in [-0.3, -0.25) is 4.79 Å². The minimum Gasteiger partial charge on any atom is -0.352 e. The summed E-state index contributed by atoms with van der Waals surface area (Å²) < 4.78 is 0. The summed E-state index contributed by atoms with van der Waals surface area (Å²) >= 11 is 0. The van der Waals surface area contributed by atoms with Gasteiger partial charge in [0, 0.05) is 13.1 Å². The van der Waals surface area contributed by atoms with Crippen molar-refractivity contribution in [2.24, 2.45) is 5.92 Å². The third-order valence-electron chi connectivity index (χ3n) is 2.98. The molecule has 1 aliphatic heterocycles. The predicted molar refractivity (Wildman–Crippen MR) is 71.1 cm³/mol. The fourth-order valence-electron chi connectivity index (χ4n) is 2.00. The van der Waals surface area contributed by atoms with Gasteiger partial charge in [-0.25, -0.2) is 0 Å². The summed E-state index contributed by atoms with van der Waals surface area (Å²) in [5, 5.41) is 6.24. The van der Waals surface area contributed by atoms with E-state index in [9.17, 15) is 4.79 Å². The lowest BCUT2D eigenvalue weighted by molar-refractivity contribution is -0.125. The number of benzene rings is 1.